The monoisotopic (exact) mass is 192 g/mol. The molecule has 1 heteroatoms. The third-order valence-electron chi connectivity index (χ3n) is 2.87. The second-order valence-corrected chi connectivity index (χ2v) is 4.38. The molecule has 0 bridgehead atoms. The molecule has 14 heavy (non-hydrogen) atoms. The highest BCUT2D eigenvalue weighted by Gasteiger charge is 2.20. The topological polar surface area (TPSA) is 20.2 Å². The van der Waals surface area contributed by atoms with Crippen molar-refractivity contribution in [2.75, 3.05) is 0 Å². The van der Waals surface area contributed by atoms with Crippen molar-refractivity contribution >= 4 is 0 Å². The van der Waals surface area contributed by atoms with Gasteiger partial charge in [-0.05, 0) is 24.0 Å². The van der Waals surface area contributed by atoms with Crippen LogP contribution in [0.4, 0.5) is 0 Å². The van der Waals surface area contributed by atoms with E-state index in [4.69, 9.17) is 0 Å². The van der Waals surface area contributed by atoms with Crippen LogP contribution in [0, 0.1) is 12.8 Å². The first-order valence-electron chi connectivity index (χ1n) is 5.27. The number of benzene rings is 1. The Balaban J connectivity index is 2.89. The summed E-state index contributed by atoms with van der Waals surface area (Å²) in [6.45, 7) is 8.30. The number of aliphatic hydroxyl groups excluding tert-OH is 1. The molecule has 1 aromatic rings. The lowest BCUT2D eigenvalue weighted by molar-refractivity contribution is 0.102. The van der Waals surface area contributed by atoms with Crippen molar-refractivity contribution in [1.82, 2.24) is 0 Å². The van der Waals surface area contributed by atoms with Gasteiger partial charge in [-0.25, -0.2) is 0 Å². The second kappa shape index (κ2) is 4.61. The lowest BCUT2D eigenvalue weighted by Crippen LogP contribution is -2.22. The quantitative estimate of drug-likeness (QED) is 0.780. The molecule has 2 atom stereocenters. The van der Waals surface area contributed by atoms with Crippen LogP contribution in [-0.2, 0) is 0 Å². The van der Waals surface area contributed by atoms with E-state index in [1.54, 1.807) is 0 Å². The Hall–Kier alpha value is -0.820. The molecule has 0 aromatic heterocycles. The number of aryl methyl sites for hydroxylation is 1. The largest absolute Gasteiger partial charge is 0.392 e. The smallest absolute Gasteiger partial charge is 0.0629 e. The fourth-order valence-electron chi connectivity index (χ4n) is 1.86. The van der Waals surface area contributed by atoms with Crippen LogP contribution in [0.3, 0.4) is 0 Å². The van der Waals surface area contributed by atoms with E-state index < -0.39 is 0 Å². The highest BCUT2D eigenvalue weighted by Crippen LogP contribution is 2.25. The van der Waals surface area contributed by atoms with Crippen LogP contribution in [0.5, 0.6) is 0 Å². The summed E-state index contributed by atoms with van der Waals surface area (Å²) in [6, 6.07) is 8.27. The Labute approximate surface area is 86.8 Å². The molecule has 0 aliphatic carbocycles. The van der Waals surface area contributed by atoms with Crippen molar-refractivity contribution in [2.24, 2.45) is 5.92 Å². The lowest BCUT2D eigenvalue weighted by atomic mass is 9.87. The average Bonchev–Trinajstić information content (AvgIpc) is 2.16. The summed E-state index contributed by atoms with van der Waals surface area (Å²) in [6.07, 6.45) is -0.254. The van der Waals surface area contributed by atoms with E-state index in [0.29, 0.717) is 5.92 Å². The Morgan fingerprint density at radius 1 is 1.07 bits per heavy atom. The average molecular weight is 192 g/mol. The van der Waals surface area contributed by atoms with Crippen LogP contribution in [0.15, 0.2) is 24.3 Å². The molecular weight excluding hydrogens is 172 g/mol. The molecule has 1 aromatic carbocycles. The van der Waals surface area contributed by atoms with Crippen LogP contribution < -0.4 is 0 Å². The van der Waals surface area contributed by atoms with E-state index in [-0.39, 0.29) is 12.0 Å². The predicted octanol–water partition coefficient (Wildman–Crippen LogP) is 3.12. The predicted molar refractivity (Wildman–Crippen MR) is 60.4 cm³/mol. The van der Waals surface area contributed by atoms with E-state index in [2.05, 4.69) is 39.8 Å². The standard InChI is InChI=1S/C13H20O/c1-9(2)13(14)11(4)12-8-6-5-7-10(12)3/h5-9,11,13-14H,1-4H3. The minimum absolute atomic E-state index is 0.219. The van der Waals surface area contributed by atoms with Gasteiger partial charge in [0, 0.05) is 5.92 Å². The van der Waals surface area contributed by atoms with Gasteiger partial charge in [0.25, 0.3) is 0 Å². The van der Waals surface area contributed by atoms with Crippen molar-refractivity contribution in [3.8, 4) is 0 Å². The minimum Gasteiger partial charge on any atom is -0.392 e. The summed E-state index contributed by atoms with van der Waals surface area (Å²) in [4.78, 5) is 0. The van der Waals surface area contributed by atoms with Gasteiger partial charge in [-0.15, -0.1) is 0 Å². The van der Waals surface area contributed by atoms with E-state index in [1.165, 1.54) is 11.1 Å². The molecule has 2 unspecified atom stereocenters. The molecule has 78 valence electrons. The summed E-state index contributed by atoms with van der Waals surface area (Å²) in [7, 11) is 0. The highest BCUT2D eigenvalue weighted by molar-refractivity contribution is 5.29. The second-order valence-electron chi connectivity index (χ2n) is 4.38. The van der Waals surface area contributed by atoms with Gasteiger partial charge in [-0.3, -0.25) is 0 Å². The molecule has 0 aliphatic rings. The molecule has 0 spiro atoms. The van der Waals surface area contributed by atoms with Crippen LogP contribution in [0.2, 0.25) is 0 Å². The van der Waals surface area contributed by atoms with E-state index in [9.17, 15) is 5.11 Å². The van der Waals surface area contributed by atoms with Gasteiger partial charge in [-0.1, -0.05) is 45.0 Å². The third-order valence-corrected chi connectivity index (χ3v) is 2.87. The number of hydrogen-bond donors (Lipinski definition) is 1. The van der Waals surface area contributed by atoms with Crippen molar-refractivity contribution < 1.29 is 5.11 Å². The Morgan fingerprint density at radius 3 is 2.14 bits per heavy atom. The van der Waals surface area contributed by atoms with E-state index >= 15 is 0 Å². The first-order valence-corrected chi connectivity index (χ1v) is 5.27. The van der Waals surface area contributed by atoms with Gasteiger partial charge in [0.1, 0.15) is 0 Å². The van der Waals surface area contributed by atoms with E-state index in [0.717, 1.165) is 0 Å². The zero-order chi connectivity index (χ0) is 10.7. The van der Waals surface area contributed by atoms with Gasteiger partial charge in [0.15, 0.2) is 0 Å². The molecule has 0 radical (unpaired) electrons. The molecule has 1 N–H and O–H groups in total. The normalized spacial score (nSPS) is 15.6. The molecule has 0 amide bonds. The summed E-state index contributed by atoms with van der Waals surface area (Å²) in [5, 5.41) is 9.97. The minimum atomic E-state index is -0.254. The van der Waals surface area contributed by atoms with Gasteiger partial charge >= 0.3 is 0 Å². The van der Waals surface area contributed by atoms with Crippen LogP contribution in [-0.4, -0.2) is 11.2 Å². The number of rotatable bonds is 3. The van der Waals surface area contributed by atoms with Crippen molar-refractivity contribution in [3.63, 3.8) is 0 Å². The van der Waals surface area contributed by atoms with Crippen LogP contribution >= 0.6 is 0 Å². The molecule has 0 fully saturated rings. The van der Waals surface area contributed by atoms with Gasteiger partial charge in [0.05, 0.1) is 6.10 Å². The summed E-state index contributed by atoms with van der Waals surface area (Å²) in [5.41, 5.74) is 2.52. The number of aliphatic hydroxyl groups is 1. The molecule has 0 heterocycles. The molecule has 1 nitrogen and oxygen atoms in total. The van der Waals surface area contributed by atoms with Crippen LogP contribution in [0.1, 0.15) is 37.8 Å². The number of hydrogen-bond acceptors (Lipinski definition) is 1. The van der Waals surface area contributed by atoms with Crippen molar-refractivity contribution in [3.05, 3.63) is 35.4 Å². The SMILES string of the molecule is Cc1ccccc1C(C)C(O)C(C)C. The molecule has 0 aliphatic heterocycles. The third kappa shape index (κ3) is 2.36. The Kier molecular flexibility index (Phi) is 3.70. The molecule has 0 saturated heterocycles. The lowest BCUT2D eigenvalue weighted by Gasteiger charge is -2.23. The fourth-order valence-corrected chi connectivity index (χ4v) is 1.86. The Bertz CT molecular complexity index is 291. The fraction of sp³-hybridized carbons (Fsp3) is 0.538. The highest BCUT2D eigenvalue weighted by atomic mass is 16.3. The van der Waals surface area contributed by atoms with Crippen LogP contribution in [0.25, 0.3) is 0 Å². The zero-order valence-corrected chi connectivity index (χ0v) is 9.49. The molecule has 1 rings (SSSR count). The summed E-state index contributed by atoms with van der Waals surface area (Å²) in [5.74, 6) is 0.529. The first-order chi connectivity index (χ1) is 6.54. The maximum Gasteiger partial charge on any atom is 0.0629 e. The van der Waals surface area contributed by atoms with Crippen molar-refractivity contribution in [2.45, 2.75) is 39.7 Å². The molecular formula is C13H20O. The summed E-state index contributed by atoms with van der Waals surface area (Å²) < 4.78 is 0. The van der Waals surface area contributed by atoms with Crippen molar-refractivity contribution in [1.29, 1.82) is 0 Å². The summed E-state index contributed by atoms with van der Waals surface area (Å²) >= 11 is 0. The zero-order valence-electron chi connectivity index (χ0n) is 9.49. The van der Waals surface area contributed by atoms with Gasteiger partial charge in [-0.2, -0.15) is 0 Å². The molecule has 0 saturated carbocycles. The first kappa shape index (κ1) is 11.3. The van der Waals surface area contributed by atoms with Gasteiger partial charge in [0.2, 0.25) is 0 Å². The maximum atomic E-state index is 9.97. The van der Waals surface area contributed by atoms with Gasteiger partial charge < -0.3 is 5.11 Å². The maximum absolute atomic E-state index is 9.97. The van der Waals surface area contributed by atoms with E-state index in [1.807, 2.05) is 12.1 Å². The Morgan fingerprint density at radius 2 is 1.64 bits per heavy atom.